The second-order valence-electron chi connectivity index (χ2n) is 6.45. The molecule has 0 radical (unpaired) electrons. The number of carbonyl (C=O) groups excluding carboxylic acids is 2. The number of piperidine rings is 1. The highest BCUT2D eigenvalue weighted by molar-refractivity contribution is 5.94. The molecule has 1 aromatic carbocycles. The fraction of sp³-hybridized carbons (Fsp3) is 0.316. The number of hydrogen-bond acceptors (Lipinski definition) is 4. The minimum Gasteiger partial charge on any atom is -0.488 e. The Morgan fingerprint density at radius 3 is 2.71 bits per heavy atom. The van der Waals surface area contributed by atoms with Crippen molar-refractivity contribution in [2.45, 2.75) is 25.1 Å². The molecule has 0 saturated carbocycles. The molecule has 148 valence electrons. The molecule has 1 aliphatic rings. The van der Waals surface area contributed by atoms with E-state index < -0.39 is 23.6 Å². The quantitative estimate of drug-likeness (QED) is 0.866. The summed E-state index contributed by atoms with van der Waals surface area (Å²) >= 11 is 0. The van der Waals surface area contributed by atoms with E-state index in [2.05, 4.69) is 4.98 Å². The van der Waals surface area contributed by atoms with E-state index in [9.17, 15) is 22.8 Å². The van der Waals surface area contributed by atoms with E-state index in [4.69, 9.17) is 10.5 Å². The van der Waals surface area contributed by atoms with E-state index in [1.165, 1.54) is 29.3 Å². The lowest BCUT2D eigenvalue weighted by molar-refractivity contribution is -0.137. The van der Waals surface area contributed by atoms with E-state index in [1.54, 1.807) is 6.07 Å². The molecular weight excluding hydrogens is 375 g/mol. The molecule has 2 heterocycles. The molecule has 1 unspecified atom stereocenters. The minimum absolute atomic E-state index is 0.0181. The van der Waals surface area contributed by atoms with Gasteiger partial charge in [-0.2, -0.15) is 13.2 Å². The Morgan fingerprint density at radius 2 is 2.00 bits per heavy atom. The summed E-state index contributed by atoms with van der Waals surface area (Å²) in [6.07, 6.45) is -2.16. The smallest absolute Gasteiger partial charge is 0.416 e. The number of halogens is 3. The van der Waals surface area contributed by atoms with Crippen LogP contribution in [0.3, 0.4) is 0 Å². The Bertz CT molecular complexity index is 886. The number of likely N-dealkylation sites (tertiary alicyclic amines) is 1. The summed E-state index contributed by atoms with van der Waals surface area (Å²) in [5, 5.41) is 0. The van der Waals surface area contributed by atoms with E-state index in [-0.39, 0.29) is 23.9 Å². The van der Waals surface area contributed by atoms with Gasteiger partial charge in [0.2, 0.25) is 0 Å². The van der Waals surface area contributed by atoms with Gasteiger partial charge >= 0.3 is 6.18 Å². The van der Waals surface area contributed by atoms with Crippen LogP contribution in [-0.2, 0) is 6.18 Å². The van der Waals surface area contributed by atoms with Gasteiger partial charge in [0.1, 0.15) is 17.5 Å². The van der Waals surface area contributed by atoms with Crippen molar-refractivity contribution in [1.82, 2.24) is 9.88 Å². The van der Waals surface area contributed by atoms with Gasteiger partial charge in [-0.3, -0.25) is 14.6 Å². The maximum absolute atomic E-state index is 12.9. The number of nitrogens with zero attached hydrogens (tertiary/aromatic N) is 2. The average Bonchev–Trinajstić information content (AvgIpc) is 2.67. The van der Waals surface area contributed by atoms with Crippen molar-refractivity contribution in [3.8, 4) is 5.75 Å². The lowest BCUT2D eigenvalue weighted by Gasteiger charge is -2.33. The van der Waals surface area contributed by atoms with Crippen molar-refractivity contribution in [3.05, 3.63) is 59.4 Å². The molecule has 1 fully saturated rings. The van der Waals surface area contributed by atoms with Crippen molar-refractivity contribution in [2.75, 3.05) is 13.1 Å². The standard InChI is InChI=1S/C19H18F3N3O3/c20-19(21,22)13-4-1-3-12(9-13)18(27)25-8-2-5-15(11-25)28-14-6-7-24-16(10-14)17(23)26/h1,3-4,6-7,9-10,15H,2,5,8,11H2,(H2,23,26). The van der Waals surface area contributed by atoms with Gasteiger partial charge in [0, 0.05) is 24.4 Å². The molecule has 2 aromatic rings. The normalized spacial score (nSPS) is 17.2. The van der Waals surface area contributed by atoms with E-state index in [0.717, 1.165) is 12.1 Å². The van der Waals surface area contributed by atoms with Crippen LogP contribution in [-0.4, -0.2) is 40.9 Å². The number of amides is 2. The molecule has 0 spiro atoms. The van der Waals surface area contributed by atoms with Crippen LogP contribution in [0.1, 0.15) is 39.3 Å². The van der Waals surface area contributed by atoms with Crippen LogP contribution in [0.4, 0.5) is 13.2 Å². The number of hydrogen-bond donors (Lipinski definition) is 1. The topological polar surface area (TPSA) is 85.5 Å². The van der Waals surface area contributed by atoms with Crippen LogP contribution in [0.15, 0.2) is 42.6 Å². The number of carbonyl (C=O) groups is 2. The fourth-order valence-electron chi connectivity index (χ4n) is 3.04. The molecule has 0 bridgehead atoms. The Kier molecular flexibility index (Phi) is 5.53. The number of ether oxygens (including phenoxy) is 1. The van der Waals surface area contributed by atoms with Gasteiger partial charge in [-0.25, -0.2) is 0 Å². The average molecular weight is 393 g/mol. The lowest BCUT2D eigenvalue weighted by atomic mass is 10.0. The molecule has 2 amide bonds. The maximum Gasteiger partial charge on any atom is 0.416 e. The van der Waals surface area contributed by atoms with Crippen molar-refractivity contribution >= 4 is 11.8 Å². The van der Waals surface area contributed by atoms with Crippen molar-refractivity contribution in [1.29, 1.82) is 0 Å². The summed E-state index contributed by atoms with van der Waals surface area (Å²) < 4.78 is 44.5. The number of primary amides is 1. The monoisotopic (exact) mass is 393 g/mol. The van der Waals surface area contributed by atoms with Crippen LogP contribution in [0, 0.1) is 0 Å². The molecular formula is C19H18F3N3O3. The number of rotatable bonds is 4. The third kappa shape index (κ3) is 4.59. The summed E-state index contributed by atoms with van der Waals surface area (Å²) in [6, 6.07) is 7.35. The highest BCUT2D eigenvalue weighted by atomic mass is 19.4. The van der Waals surface area contributed by atoms with Crippen molar-refractivity contribution in [2.24, 2.45) is 5.73 Å². The zero-order chi connectivity index (χ0) is 20.3. The molecule has 9 heteroatoms. The van der Waals surface area contributed by atoms with E-state index in [1.807, 2.05) is 0 Å². The molecule has 28 heavy (non-hydrogen) atoms. The highest BCUT2D eigenvalue weighted by Gasteiger charge is 2.32. The molecule has 3 rings (SSSR count). The van der Waals surface area contributed by atoms with Gasteiger partial charge < -0.3 is 15.4 Å². The molecule has 1 saturated heterocycles. The molecule has 1 aliphatic heterocycles. The number of alkyl halides is 3. The first-order valence-corrected chi connectivity index (χ1v) is 8.63. The molecule has 2 N–H and O–H groups in total. The van der Waals surface area contributed by atoms with Gasteiger partial charge in [-0.15, -0.1) is 0 Å². The van der Waals surface area contributed by atoms with Crippen LogP contribution < -0.4 is 10.5 Å². The second-order valence-corrected chi connectivity index (χ2v) is 6.45. The van der Waals surface area contributed by atoms with Crippen molar-refractivity contribution in [3.63, 3.8) is 0 Å². The SMILES string of the molecule is NC(=O)c1cc(OC2CCCN(C(=O)c3cccc(C(F)(F)F)c3)C2)ccn1. The third-order valence-electron chi connectivity index (χ3n) is 4.39. The van der Waals surface area contributed by atoms with Crippen molar-refractivity contribution < 1.29 is 27.5 Å². The van der Waals surface area contributed by atoms with Crippen LogP contribution in [0.25, 0.3) is 0 Å². The maximum atomic E-state index is 12.9. The highest BCUT2D eigenvalue weighted by Crippen LogP contribution is 2.30. The Hall–Kier alpha value is -3.10. The number of nitrogens with two attached hydrogens (primary N) is 1. The minimum atomic E-state index is -4.51. The van der Waals surface area contributed by atoms with Crippen LogP contribution >= 0.6 is 0 Å². The lowest BCUT2D eigenvalue weighted by Crippen LogP contribution is -2.44. The predicted molar refractivity (Wildman–Crippen MR) is 93.8 cm³/mol. The summed E-state index contributed by atoms with van der Waals surface area (Å²) in [4.78, 5) is 29.2. The molecule has 6 nitrogen and oxygen atoms in total. The largest absolute Gasteiger partial charge is 0.488 e. The molecule has 1 atom stereocenters. The van der Waals surface area contributed by atoms with Gasteiger partial charge in [0.25, 0.3) is 11.8 Å². The second kappa shape index (κ2) is 7.87. The first-order chi connectivity index (χ1) is 13.2. The number of pyridine rings is 1. The molecule has 0 aliphatic carbocycles. The van der Waals surface area contributed by atoms with Crippen LogP contribution in [0.5, 0.6) is 5.75 Å². The fourth-order valence-corrected chi connectivity index (χ4v) is 3.04. The summed E-state index contributed by atoms with van der Waals surface area (Å²) in [6.45, 7) is 0.654. The summed E-state index contributed by atoms with van der Waals surface area (Å²) in [7, 11) is 0. The zero-order valence-electron chi connectivity index (χ0n) is 14.8. The Labute approximate surface area is 159 Å². The zero-order valence-corrected chi connectivity index (χ0v) is 14.8. The number of aromatic nitrogens is 1. The van der Waals surface area contributed by atoms with Gasteiger partial charge in [0.05, 0.1) is 12.1 Å². The van der Waals surface area contributed by atoms with Gasteiger partial charge in [-0.05, 0) is 37.1 Å². The predicted octanol–water partition coefficient (Wildman–Crippen LogP) is 2.88. The Morgan fingerprint density at radius 1 is 1.21 bits per heavy atom. The first kappa shape index (κ1) is 19.7. The van der Waals surface area contributed by atoms with Gasteiger partial charge in [0.15, 0.2) is 0 Å². The van der Waals surface area contributed by atoms with E-state index >= 15 is 0 Å². The number of benzene rings is 1. The Balaban J connectivity index is 1.70. The molecule has 1 aromatic heterocycles. The third-order valence-corrected chi connectivity index (χ3v) is 4.39. The summed E-state index contributed by atoms with van der Waals surface area (Å²) in [5.74, 6) is -0.774. The van der Waals surface area contributed by atoms with E-state index in [0.29, 0.717) is 25.1 Å². The van der Waals surface area contributed by atoms with Gasteiger partial charge in [-0.1, -0.05) is 6.07 Å². The first-order valence-electron chi connectivity index (χ1n) is 8.63. The summed E-state index contributed by atoms with van der Waals surface area (Å²) in [5.41, 5.74) is 4.37. The van der Waals surface area contributed by atoms with Crippen LogP contribution in [0.2, 0.25) is 0 Å².